The summed E-state index contributed by atoms with van der Waals surface area (Å²) in [6.07, 6.45) is 1.17. The van der Waals surface area contributed by atoms with Gasteiger partial charge in [0.1, 0.15) is 17.9 Å². The summed E-state index contributed by atoms with van der Waals surface area (Å²) in [4.78, 5) is 18.8. The van der Waals surface area contributed by atoms with Crippen LogP contribution in [-0.4, -0.2) is 63.1 Å². The van der Waals surface area contributed by atoms with E-state index in [1.165, 1.54) is 10.9 Å². The maximum Gasteiger partial charge on any atom is 0.417 e. The number of hydrogen-bond donors (Lipinski definition) is 1. The van der Waals surface area contributed by atoms with Crippen molar-refractivity contribution in [3.63, 3.8) is 0 Å². The van der Waals surface area contributed by atoms with Crippen LogP contribution in [0, 0.1) is 0 Å². The Balaban J connectivity index is 1.44. The minimum absolute atomic E-state index is 0.0476. The first-order valence-electron chi connectivity index (χ1n) is 16.0. The van der Waals surface area contributed by atoms with Crippen molar-refractivity contribution >= 4 is 11.5 Å². The Kier molecular flexibility index (Phi) is 10.7. The van der Waals surface area contributed by atoms with Crippen molar-refractivity contribution in [3.05, 3.63) is 87.4 Å². The van der Waals surface area contributed by atoms with E-state index in [1.807, 2.05) is 26.8 Å². The quantitative estimate of drug-likeness (QED) is 0.171. The molecule has 12 heteroatoms. The predicted molar refractivity (Wildman–Crippen MR) is 170 cm³/mol. The van der Waals surface area contributed by atoms with Crippen molar-refractivity contribution in [3.8, 4) is 11.7 Å². The molecule has 1 fully saturated rings. The second kappa shape index (κ2) is 14.7. The number of benzene rings is 1. The van der Waals surface area contributed by atoms with E-state index in [9.17, 15) is 23.1 Å². The number of halogens is 3. The van der Waals surface area contributed by atoms with Gasteiger partial charge in [0.15, 0.2) is 5.82 Å². The molecule has 0 radical (unpaired) electrons. The number of rotatable bonds is 11. The highest BCUT2D eigenvalue weighted by atomic mass is 19.4. The Morgan fingerprint density at radius 2 is 1.94 bits per heavy atom. The lowest BCUT2D eigenvalue weighted by Crippen LogP contribution is -2.42. The van der Waals surface area contributed by atoms with Crippen molar-refractivity contribution in [1.82, 2.24) is 19.7 Å². The lowest BCUT2D eigenvalue weighted by molar-refractivity contribution is -0.139. The molecule has 0 bridgehead atoms. The third-order valence-corrected chi connectivity index (χ3v) is 8.80. The van der Waals surface area contributed by atoms with Gasteiger partial charge in [-0.05, 0) is 75.3 Å². The second-order valence-electron chi connectivity index (χ2n) is 11.6. The maximum absolute atomic E-state index is 14.7. The van der Waals surface area contributed by atoms with E-state index in [-0.39, 0.29) is 30.2 Å². The molecular weight excluding hydrogens is 613 g/mol. The van der Waals surface area contributed by atoms with Gasteiger partial charge in [-0.25, -0.2) is 9.78 Å². The largest absolute Gasteiger partial charge is 0.488 e. The van der Waals surface area contributed by atoms with Gasteiger partial charge < -0.3 is 19.3 Å². The lowest BCUT2D eigenvalue weighted by Gasteiger charge is -2.38. The van der Waals surface area contributed by atoms with Gasteiger partial charge >= 0.3 is 12.1 Å². The fourth-order valence-corrected chi connectivity index (χ4v) is 6.31. The number of aromatic carboxylic acids is 1. The van der Waals surface area contributed by atoms with Crippen LogP contribution >= 0.6 is 0 Å². The van der Waals surface area contributed by atoms with Crippen molar-refractivity contribution in [2.24, 2.45) is 0 Å². The number of ether oxygens (including phenoxy) is 3. The molecule has 1 saturated heterocycles. The molecule has 1 aromatic carbocycles. The Morgan fingerprint density at radius 3 is 2.60 bits per heavy atom. The first kappa shape index (κ1) is 34.2. The number of fused-ring (bicyclic) bond motifs is 1. The topological polar surface area (TPSA) is 98.9 Å². The average Bonchev–Trinajstić information content (AvgIpc) is 3.50. The van der Waals surface area contributed by atoms with Crippen molar-refractivity contribution in [1.29, 1.82) is 0 Å². The summed E-state index contributed by atoms with van der Waals surface area (Å²) in [7, 11) is 0. The molecule has 0 atom stereocenters. The zero-order valence-electron chi connectivity index (χ0n) is 27.2. The van der Waals surface area contributed by atoms with Crippen LogP contribution in [0.25, 0.3) is 11.4 Å². The van der Waals surface area contributed by atoms with Gasteiger partial charge in [0.2, 0.25) is 5.88 Å². The first-order valence-corrected chi connectivity index (χ1v) is 16.0. The summed E-state index contributed by atoms with van der Waals surface area (Å²) in [6.45, 7) is 9.75. The van der Waals surface area contributed by atoms with Gasteiger partial charge in [0, 0.05) is 43.5 Å². The predicted octanol–water partition coefficient (Wildman–Crippen LogP) is 7.22. The third kappa shape index (κ3) is 7.38. The molecule has 0 spiro atoms. The smallest absolute Gasteiger partial charge is 0.417 e. The van der Waals surface area contributed by atoms with E-state index in [0.717, 1.165) is 18.4 Å². The molecule has 0 aliphatic carbocycles. The van der Waals surface area contributed by atoms with E-state index in [2.05, 4.69) is 10.00 Å². The van der Waals surface area contributed by atoms with E-state index in [0.29, 0.717) is 79.2 Å². The number of carboxylic acid groups (broad SMARTS) is 1. The fraction of sp³-hybridized carbons (Fsp3) is 0.457. The molecule has 2 aromatic heterocycles. The lowest BCUT2D eigenvalue weighted by atomic mass is 9.89. The van der Waals surface area contributed by atoms with E-state index in [1.54, 1.807) is 37.3 Å². The molecule has 2 aliphatic rings. The van der Waals surface area contributed by atoms with Gasteiger partial charge in [-0.1, -0.05) is 31.2 Å². The molecule has 9 nitrogen and oxygen atoms in total. The van der Waals surface area contributed by atoms with Gasteiger partial charge in [-0.15, -0.1) is 0 Å². The normalized spacial score (nSPS) is 16.9. The number of carboxylic acids is 1. The molecule has 0 unspecified atom stereocenters. The summed E-state index contributed by atoms with van der Waals surface area (Å²) in [5, 5.41) is 13.8. The number of hydrogen-bond acceptors (Lipinski definition) is 7. The van der Waals surface area contributed by atoms with Crippen LogP contribution in [0.2, 0.25) is 0 Å². The SMILES string of the molecule is C/C=C(\C(OCc1ccc2c(c1C(F)(F)F)CCN(C1CCOCC1)C2)=C(\C)CC)c1cccc(-n2ncc(C(=O)O)c2OCC)n1. The second-order valence-corrected chi connectivity index (χ2v) is 11.6. The highest BCUT2D eigenvalue weighted by molar-refractivity contribution is 5.90. The van der Waals surface area contributed by atoms with Crippen LogP contribution in [0.1, 0.15) is 85.3 Å². The molecule has 4 heterocycles. The Hall–Kier alpha value is -4.16. The molecule has 252 valence electrons. The number of allylic oxidation sites excluding steroid dienone is 3. The summed E-state index contributed by atoms with van der Waals surface area (Å²) in [5.74, 6) is -0.381. The van der Waals surface area contributed by atoms with Crippen LogP contribution in [0.5, 0.6) is 5.88 Å². The average molecular weight is 655 g/mol. The van der Waals surface area contributed by atoms with E-state index >= 15 is 0 Å². The van der Waals surface area contributed by atoms with E-state index in [4.69, 9.17) is 19.2 Å². The standard InChI is InChI=1S/C35H41F3N4O5/c1-5-22(4)32(26(6-2)29-9-8-10-30(40-29)42-33(46-7-3)28(19-39-42)34(43)44)47-21-24-12-11-23-20-41(25-14-17-45-18-15-25)16-13-27(23)31(24)35(36,37)38/h6,8-12,19,25H,5,7,13-18,20-21H2,1-4H3,(H,43,44)/b26-6-,32-22+. The van der Waals surface area contributed by atoms with Gasteiger partial charge in [-0.2, -0.15) is 23.0 Å². The molecule has 0 saturated carbocycles. The van der Waals surface area contributed by atoms with Crippen LogP contribution < -0.4 is 4.74 Å². The Morgan fingerprint density at radius 1 is 1.17 bits per heavy atom. The minimum atomic E-state index is -4.54. The first-order chi connectivity index (χ1) is 22.6. The van der Waals surface area contributed by atoms with E-state index < -0.39 is 17.7 Å². The molecule has 47 heavy (non-hydrogen) atoms. The minimum Gasteiger partial charge on any atom is -0.488 e. The molecule has 3 aromatic rings. The molecule has 1 N–H and O–H groups in total. The number of carbonyl (C=O) groups is 1. The third-order valence-electron chi connectivity index (χ3n) is 8.80. The van der Waals surface area contributed by atoms with Gasteiger partial charge in [0.25, 0.3) is 0 Å². The number of pyridine rings is 1. The van der Waals surface area contributed by atoms with Crippen LogP contribution in [0.15, 0.2) is 53.9 Å². The van der Waals surface area contributed by atoms with Gasteiger partial charge in [-0.3, -0.25) is 4.90 Å². The van der Waals surface area contributed by atoms with Crippen LogP contribution in [0.3, 0.4) is 0 Å². The summed E-state index contributed by atoms with van der Waals surface area (Å²) in [6, 6.07) is 8.86. The highest BCUT2D eigenvalue weighted by Gasteiger charge is 2.39. The van der Waals surface area contributed by atoms with Crippen LogP contribution in [0.4, 0.5) is 13.2 Å². The number of alkyl halides is 3. The monoisotopic (exact) mass is 654 g/mol. The number of nitrogens with zero attached hydrogens (tertiary/aromatic N) is 4. The summed E-state index contributed by atoms with van der Waals surface area (Å²) >= 11 is 0. The maximum atomic E-state index is 14.7. The molecule has 0 amide bonds. The van der Waals surface area contributed by atoms with Crippen molar-refractivity contribution in [2.75, 3.05) is 26.4 Å². The van der Waals surface area contributed by atoms with Crippen molar-refractivity contribution < 1.29 is 37.3 Å². The molecule has 5 rings (SSSR count). The Labute approximate surface area is 272 Å². The van der Waals surface area contributed by atoms with Gasteiger partial charge in [0.05, 0.1) is 24.1 Å². The summed E-state index contributed by atoms with van der Waals surface area (Å²) < 4.78 is 62.8. The van der Waals surface area contributed by atoms with Crippen LogP contribution in [-0.2, 0) is 35.2 Å². The fourth-order valence-electron chi connectivity index (χ4n) is 6.31. The summed E-state index contributed by atoms with van der Waals surface area (Å²) in [5.41, 5.74) is 2.37. The zero-order chi connectivity index (χ0) is 33.7. The zero-order valence-corrected chi connectivity index (χ0v) is 27.2. The van der Waals surface area contributed by atoms with Crippen molar-refractivity contribution in [2.45, 2.75) is 78.7 Å². The molecule has 2 aliphatic heterocycles. The highest BCUT2D eigenvalue weighted by Crippen LogP contribution is 2.40. The molecular formula is C35H41F3N4O5. The number of aromatic nitrogens is 3. The Bertz CT molecular complexity index is 1660.